The fourth-order valence-electron chi connectivity index (χ4n) is 3.63. The summed E-state index contributed by atoms with van der Waals surface area (Å²) in [7, 11) is 1.57. The maximum Gasteiger partial charge on any atom is 0.393 e. The van der Waals surface area contributed by atoms with Gasteiger partial charge in [0.15, 0.2) is 0 Å². The molecule has 3 aromatic carbocycles. The summed E-state index contributed by atoms with van der Waals surface area (Å²) in [6, 6.07) is 21.2. The number of anilines is 1. The van der Waals surface area contributed by atoms with Gasteiger partial charge >= 0.3 is 12.1 Å². The summed E-state index contributed by atoms with van der Waals surface area (Å²) in [5.41, 5.74) is 14.6. The summed E-state index contributed by atoms with van der Waals surface area (Å²) in [6.45, 7) is 0. The summed E-state index contributed by atoms with van der Waals surface area (Å²) >= 11 is 0. The van der Waals surface area contributed by atoms with E-state index >= 15 is 0 Å². The van der Waals surface area contributed by atoms with Crippen LogP contribution in [0, 0.1) is 0 Å². The molecule has 204 valence electrons. The van der Waals surface area contributed by atoms with Crippen LogP contribution < -0.4 is 21.8 Å². The molecule has 8 nitrogen and oxygen atoms in total. The number of hydrogen-bond acceptors (Lipinski definition) is 6. The van der Waals surface area contributed by atoms with Crippen molar-refractivity contribution in [2.75, 3.05) is 12.8 Å². The Morgan fingerprint density at radius 3 is 2.15 bits per heavy atom. The number of nitrogens with two attached hydrogens (primary N) is 2. The first kappa shape index (κ1) is 28.9. The van der Waals surface area contributed by atoms with E-state index < -0.39 is 24.6 Å². The standard InChI is InChI=1S/C15H13F3O.C13H14N4O3/c1-19-14-4-2-3-13(9-14)12-7-5-11(6-8-12)10-15(16,17)18;14-9(12(19)20)5-7-1-3-8(4-2-7)10-6-11(18)17-13(15)16-10/h2-9H,10H2,1H3;1-4,6,9H,5,14H2,(H,19,20)(H3,15,16,17,18). The van der Waals surface area contributed by atoms with Crippen LogP contribution in [0.1, 0.15) is 11.1 Å². The molecule has 4 rings (SSSR count). The molecule has 0 spiro atoms. The Hall–Kier alpha value is -4.64. The fourth-order valence-corrected chi connectivity index (χ4v) is 3.63. The minimum absolute atomic E-state index is 0.0458. The van der Waals surface area contributed by atoms with Crippen molar-refractivity contribution >= 4 is 11.9 Å². The third-order valence-electron chi connectivity index (χ3n) is 5.54. The number of carbonyl (C=O) groups is 1. The van der Waals surface area contributed by atoms with Crippen molar-refractivity contribution in [2.45, 2.75) is 25.1 Å². The number of nitrogen functional groups attached to an aromatic ring is 1. The molecule has 0 aliphatic heterocycles. The Balaban J connectivity index is 0.000000216. The van der Waals surface area contributed by atoms with Crippen molar-refractivity contribution in [3.05, 3.63) is 100 Å². The number of aliphatic carboxylic acids is 1. The van der Waals surface area contributed by atoms with E-state index in [2.05, 4.69) is 9.97 Å². The highest BCUT2D eigenvalue weighted by Gasteiger charge is 2.27. The lowest BCUT2D eigenvalue weighted by atomic mass is 10.0. The normalized spacial score (nSPS) is 11.7. The number of nitrogens with one attached hydrogen (secondary N) is 1. The molecular formula is C28H27F3N4O4. The van der Waals surface area contributed by atoms with E-state index in [0.717, 1.165) is 28.0 Å². The Labute approximate surface area is 222 Å². The Morgan fingerprint density at radius 1 is 0.974 bits per heavy atom. The number of hydrogen-bond donors (Lipinski definition) is 4. The minimum atomic E-state index is -4.17. The third kappa shape index (κ3) is 9.00. The van der Waals surface area contributed by atoms with E-state index in [9.17, 15) is 22.8 Å². The molecule has 0 radical (unpaired) electrons. The number of carboxylic acids is 1. The van der Waals surface area contributed by atoms with Gasteiger partial charge in [-0.05, 0) is 40.8 Å². The minimum Gasteiger partial charge on any atom is -0.497 e. The van der Waals surface area contributed by atoms with Gasteiger partial charge in [0.1, 0.15) is 11.8 Å². The molecule has 1 aromatic heterocycles. The molecule has 1 heterocycles. The first-order valence-corrected chi connectivity index (χ1v) is 11.7. The van der Waals surface area contributed by atoms with Gasteiger partial charge in [0.05, 0.1) is 19.2 Å². The Kier molecular flexibility index (Phi) is 9.45. The van der Waals surface area contributed by atoms with Crippen LogP contribution >= 0.6 is 0 Å². The number of H-pyrrole nitrogens is 1. The lowest BCUT2D eigenvalue weighted by molar-refractivity contribution is -0.138. The van der Waals surface area contributed by atoms with Crippen molar-refractivity contribution in [3.8, 4) is 28.1 Å². The summed E-state index contributed by atoms with van der Waals surface area (Å²) in [6.07, 6.45) is -4.83. The predicted octanol–water partition coefficient (Wildman–Crippen LogP) is 4.44. The number of carboxylic acid groups (broad SMARTS) is 1. The summed E-state index contributed by atoms with van der Waals surface area (Å²) in [5, 5.41) is 8.75. The van der Waals surface area contributed by atoms with Crippen LogP contribution in [0.5, 0.6) is 5.75 Å². The van der Waals surface area contributed by atoms with E-state index in [1.165, 1.54) is 18.2 Å². The van der Waals surface area contributed by atoms with Crippen LogP contribution in [0.15, 0.2) is 83.7 Å². The van der Waals surface area contributed by atoms with Gasteiger partial charge in [-0.15, -0.1) is 0 Å². The number of aromatic nitrogens is 2. The first-order chi connectivity index (χ1) is 18.4. The molecule has 4 aromatic rings. The zero-order valence-electron chi connectivity index (χ0n) is 20.9. The van der Waals surface area contributed by atoms with E-state index in [1.807, 2.05) is 24.3 Å². The van der Waals surface area contributed by atoms with Crippen LogP contribution in [0.4, 0.5) is 19.1 Å². The highest BCUT2D eigenvalue weighted by molar-refractivity contribution is 5.73. The second-order valence-electron chi connectivity index (χ2n) is 8.58. The number of rotatable bonds is 7. The topological polar surface area (TPSA) is 144 Å². The quantitative estimate of drug-likeness (QED) is 0.271. The molecule has 1 atom stereocenters. The maximum absolute atomic E-state index is 12.2. The summed E-state index contributed by atoms with van der Waals surface area (Å²) in [5.74, 6) is -0.278. The lowest BCUT2D eigenvalue weighted by Gasteiger charge is -2.08. The van der Waals surface area contributed by atoms with Gasteiger partial charge in [0.2, 0.25) is 5.95 Å². The Bertz CT molecular complexity index is 1450. The molecule has 0 aliphatic carbocycles. The molecule has 11 heteroatoms. The molecule has 0 aliphatic rings. The van der Waals surface area contributed by atoms with Gasteiger partial charge in [-0.2, -0.15) is 13.2 Å². The molecule has 0 amide bonds. The number of methoxy groups -OCH3 is 1. The van der Waals surface area contributed by atoms with Gasteiger partial charge in [-0.1, -0.05) is 60.7 Å². The number of aromatic amines is 1. The summed E-state index contributed by atoms with van der Waals surface area (Å²) < 4.78 is 41.9. The average molecular weight is 541 g/mol. The van der Waals surface area contributed by atoms with E-state index in [1.54, 1.807) is 43.5 Å². The van der Waals surface area contributed by atoms with Gasteiger partial charge in [0, 0.05) is 11.6 Å². The molecular weight excluding hydrogens is 513 g/mol. The van der Waals surface area contributed by atoms with E-state index in [0.29, 0.717) is 5.69 Å². The first-order valence-electron chi connectivity index (χ1n) is 11.7. The Morgan fingerprint density at radius 2 is 1.59 bits per heavy atom. The molecule has 0 fully saturated rings. The summed E-state index contributed by atoms with van der Waals surface area (Å²) in [4.78, 5) is 28.4. The highest BCUT2D eigenvalue weighted by atomic mass is 19.4. The monoisotopic (exact) mass is 540 g/mol. The van der Waals surface area contributed by atoms with Gasteiger partial charge < -0.3 is 21.3 Å². The molecule has 6 N–H and O–H groups in total. The van der Waals surface area contributed by atoms with E-state index in [4.69, 9.17) is 21.3 Å². The second kappa shape index (κ2) is 12.7. The SMILES string of the molecule is COc1cccc(-c2ccc(CC(F)(F)F)cc2)c1.Nc1nc(-c2ccc(CC(N)C(=O)O)cc2)cc(=O)[nH]1. The van der Waals surface area contributed by atoms with Crippen molar-refractivity contribution in [1.82, 2.24) is 9.97 Å². The maximum atomic E-state index is 12.2. The van der Waals surface area contributed by atoms with Gasteiger partial charge in [0.25, 0.3) is 5.56 Å². The van der Waals surface area contributed by atoms with Crippen LogP contribution in [0.2, 0.25) is 0 Å². The van der Waals surface area contributed by atoms with Crippen LogP contribution in [0.25, 0.3) is 22.4 Å². The smallest absolute Gasteiger partial charge is 0.393 e. The lowest BCUT2D eigenvalue weighted by Crippen LogP contribution is -2.32. The zero-order valence-corrected chi connectivity index (χ0v) is 20.9. The van der Waals surface area contributed by atoms with E-state index in [-0.39, 0.29) is 23.5 Å². The van der Waals surface area contributed by atoms with Gasteiger partial charge in [-0.3, -0.25) is 14.6 Å². The average Bonchev–Trinajstić information content (AvgIpc) is 2.88. The van der Waals surface area contributed by atoms with Crippen LogP contribution in [0.3, 0.4) is 0 Å². The molecule has 0 saturated heterocycles. The van der Waals surface area contributed by atoms with Gasteiger partial charge in [-0.25, -0.2) is 4.98 Å². The van der Waals surface area contributed by atoms with Crippen molar-refractivity contribution in [3.63, 3.8) is 0 Å². The fraction of sp³-hybridized carbons (Fsp3) is 0.179. The van der Waals surface area contributed by atoms with Crippen molar-refractivity contribution < 1.29 is 27.8 Å². The van der Waals surface area contributed by atoms with Crippen molar-refractivity contribution in [2.24, 2.45) is 5.73 Å². The third-order valence-corrected chi connectivity index (χ3v) is 5.54. The second-order valence-corrected chi connectivity index (χ2v) is 8.58. The van der Waals surface area contributed by atoms with Crippen molar-refractivity contribution in [1.29, 1.82) is 0 Å². The zero-order chi connectivity index (χ0) is 28.6. The predicted molar refractivity (Wildman–Crippen MR) is 142 cm³/mol. The van der Waals surface area contributed by atoms with Crippen LogP contribution in [-0.4, -0.2) is 40.4 Å². The molecule has 0 bridgehead atoms. The molecule has 1 unspecified atom stereocenters. The number of nitrogens with zero attached hydrogens (tertiary/aromatic N) is 1. The molecule has 0 saturated carbocycles. The number of ether oxygens (including phenoxy) is 1. The van der Waals surface area contributed by atoms with Crippen LogP contribution in [-0.2, 0) is 17.6 Å². The highest BCUT2D eigenvalue weighted by Crippen LogP contribution is 2.26. The number of halogens is 3. The molecule has 39 heavy (non-hydrogen) atoms. The number of alkyl halides is 3. The largest absolute Gasteiger partial charge is 0.497 e. The number of benzene rings is 3.